The van der Waals surface area contributed by atoms with Crippen LogP contribution in [-0.2, 0) is 0 Å². The van der Waals surface area contributed by atoms with Crippen LogP contribution in [0.1, 0.15) is 17.0 Å². The molecule has 4 heteroatoms. The zero-order chi connectivity index (χ0) is 13.4. The van der Waals surface area contributed by atoms with E-state index in [1.807, 2.05) is 43.3 Å². The minimum atomic E-state index is -1.55. The molecule has 0 radical (unpaired) electrons. The molecule has 0 saturated heterocycles. The van der Waals surface area contributed by atoms with E-state index in [4.69, 9.17) is 0 Å². The van der Waals surface area contributed by atoms with E-state index < -0.39 is 16.7 Å². The zero-order valence-corrected chi connectivity index (χ0v) is 9.68. The first-order chi connectivity index (χ1) is 8.61. The Hall–Kier alpha value is -2.82. The lowest BCUT2D eigenvalue weighted by molar-refractivity contribution is 0.727. The summed E-state index contributed by atoms with van der Waals surface area (Å²) in [5, 5.41) is 36.7. The molecule has 0 atom stereocenters. The second-order valence-corrected chi connectivity index (χ2v) is 4.41. The van der Waals surface area contributed by atoms with Crippen LogP contribution in [-0.4, -0.2) is 0 Å². The summed E-state index contributed by atoms with van der Waals surface area (Å²) in [7, 11) is 0. The van der Waals surface area contributed by atoms with E-state index in [0.29, 0.717) is 5.56 Å². The molecule has 1 saturated carbocycles. The number of rotatable bonds is 1. The highest BCUT2D eigenvalue weighted by atomic mass is 14.8. The lowest BCUT2D eigenvalue weighted by atomic mass is 9.98. The predicted octanol–water partition coefficient (Wildman–Crippen LogP) is 2.16. The first kappa shape index (κ1) is 11.7. The number of benzene rings is 1. The molecule has 0 N–H and O–H groups in total. The summed E-state index contributed by atoms with van der Waals surface area (Å²) in [4.78, 5) is 0. The number of hydrogen-bond acceptors (Lipinski definition) is 4. The molecule has 0 aliphatic heterocycles. The molecule has 0 heterocycles. The van der Waals surface area contributed by atoms with Crippen molar-refractivity contribution >= 4 is 0 Å². The minimum absolute atomic E-state index is 0.658. The molecule has 0 amide bonds. The van der Waals surface area contributed by atoms with Crippen LogP contribution < -0.4 is 0 Å². The first-order valence-electron chi connectivity index (χ1n) is 5.33. The molecule has 0 aromatic heterocycles. The monoisotopic (exact) mass is 232 g/mol. The summed E-state index contributed by atoms with van der Waals surface area (Å²) in [6, 6.07) is 14.7. The molecule has 1 aliphatic rings. The van der Waals surface area contributed by atoms with Gasteiger partial charge < -0.3 is 0 Å². The van der Waals surface area contributed by atoms with Crippen molar-refractivity contribution in [1.29, 1.82) is 21.0 Å². The summed E-state index contributed by atoms with van der Waals surface area (Å²) < 4.78 is 0. The number of nitriles is 4. The van der Waals surface area contributed by atoms with Gasteiger partial charge in [-0.3, -0.25) is 0 Å². The lowest BCUT2D eigenvalue weighted by Gasteiger charge is -2.00. The van der Waals surface area contributed by atoms with E-state index in [-0.39, 0.29) is 0 Å². The van der Waals surface area contributed by atoms with Crippen molar-refractivity contribution in [1.82, 2.24) is 0 Å². The van der Waals surface area contributed by atoms with Gasteiger partial charge in [-0.25, -0.2) is 0 Å². The molecule has 1 aliphatic carbocycles. The third-order valence-corrected chi connectivity index (χ3v) is 3.49. The van der Waals surface area contributed by atoms with Crippen molar-refractivity contribution < 1.29 is 0 Å². The Morgan fingerprint density at radius 1 is 0.944 bits per heavy atom. The summed E-state index contributed by atoms with van der Waals surface area (Å²) in [6.45, 7) is 1.88. The standard InChI is InChI=1S/C14H8N4/c1-10-3-2-4-11(5-10)12-13(6-15,7-16)14(12,8-17)9-18/h2-5,12H,1H3. The van der Waals surface area contributed by atoms with Gasteiger partial charge in [0.2, 0.25) is 0 Å². The molecular weight excluding hydrogens is 224 g/mol. The van der Waals surface area contributed by atoms with Crippen molar-refractivity contribution in [2.24, 2.45) is 10.8 Å². The molecule has 0 bridgehead atoms. The largest absolute Gasteiger partial charge is 0.196 e. The Morgan fingerprint density at radius 3 is 1.83 bits per heavy atom. The Labute approximate surface area is 105 Å². The van der Waals surface area contributed by atoms with E-state index in [0.717, 1.165) is 5.56 Å². The molecular formula is C14H8N4. The average Bonchev–Trinajstić information content (AvgIpc) is 3.01. The fraction of sp³-hybridized carbons (Fsp3) is 0.286. The number of nitrogens with zero attached hydrogens (tertiary/aromatic N) is 4. The van der Waals surface area contributed by atoms with Gasteiger partial charge in [0, 0.05) is 0 Å². The third-order valence-electron chi connectivity index (χ3n) is 3.49. The van der Waals surface area contributed by atoms with Crippen LogP contribution in [0.3, 0.4) is 0 Å². The van der Waals surface area contributed by atoms with Crippen LogP contribution in [0.5, 0.6) is 0 Å². The van der Waals surface area contributed by atoms with Crippen LogP contribution >= 0.6 is 0 Å². The van der Waals surface area contributed by atoms with Crippen LogP contribution in [0, 0.1) is 63.1 Å². The van der Waals surface area contributed by atoms with Gasteiger partial charge in [0.05, 0.1) is 30.2 Å². The van der Waals surface area contributed by atoms with Gasteiger partial charge in [0.25, 0.3) is 0 Å². The van der Waals surface area contributed by atoms with Gasteiger partial charge in [-0.1, -0.05) is 29.8 Å². The van der Waals surface area contributed by atoms with Crippen LogP contribution in [0.4, 0.5) is 0 Å². The van der Waals surface area contributed by atoms with Crippen LogP contribution in [0.2, 0.25) is 0 Å². The minimum Gasteiger partial charge on any atom is -0.196 e. The van der Waals surface area contributed by atoms with E-state index in [2.05, 4.69) is 0 Å². The molecule has 0 unspecified atom stereocenters. The Balaban J connectivity index is 2.62. The molecule has 2 rings (SSSR count). The van der Waals surface area contributed by atoms with Gasteiger partial charge in [-0.05, 0) is 12.5 Å². The van der Waals surface area contributed by atoms with Gasteiger partial charge in [-0.2, -0.15) is 21.0 Å². The van der Waals surface area contributed by atoms with Gasteiger partial charge >= 0.3 is 0 Å². The molecule has 1 aromatic carbocycles. The molecule has 1 fully saturated rings. The third kappa shape index (κ3) is 1.10. The quantitative estimate of drug-likeness (QED) is 0.741. The van der Waals surface area contributed by atoms with Crippen molar-refractivity contribution in [2.45, 2.75) is 12.8 Å². The lowest BCUT2D eigenvalue weighted by Crippen LogP contribution is -2.05. The van der Waals surface area contributed by atoms with Gasteiger partial charge in [0.15, 0.2) is 10.8 Å². The summed E-state index contributed by atoms with van der Waals surface area (Å²) in [5.74, 6) is -0.658. The normalized spacial score (nSPS) is 18.7. The van der Waals surface area contributed by atoms with Gasteiger partial charge in [0.1, 0.15) is 0 Å². The molecule has 4 nitrogen and oxygen atoms in total. The van der Waals surface area contributed by atoms with Crippen LogP contribution in [0.15, 0.2) is 24.3 Å². The fourth-order valence-electron chi connectivity index (χ4n) is 2.49. The highest BCUT2D eigenvalue weighted by molar-refractivity contribution is 5.59. The molecule has 18 heavy (non-hydrogen) atoms. The van der Waals surface area contributed by atoms with Crippen molar-refractivity contribution in [3.05, 3.63) is 35.4 Å². The number of aryl methyl sites for hydroxylation is 1. The SMILES string of the molecule is Cc1cccc(C2C(C#N)(C#N)C2(C#N)C#N)c1. The van der Waals surface area contributed by atoms with E-state index >= 15 is 0 Å². The van der Waals surface area contributed by atoms with E-state index in [1.54, 1.807) is 12.1 Å². The first-order valence-corrected chi connectivity index (χ1v) is 5.33. The van der Waals surface area contributed by atoms with Crippen molar-refractivity contribution in [3.63, 3.8) is 0 Å². The second kappa shape index (κ2) is 3.59. The van der Waals surface area contributed by atoms with Gasteiger partial charge in [-0.15, -0.1) is 0 Å². The summed E-state index contributed by atoms with van der Waals surface area (Å²) in [6.07, 6.45) is 0. The summed E-state index contributed by atoms with van der Waals surface area (Å²) in [5.41, 5.74) is -1.44. The number of hydrogen-bond donors (Lipinski definition) is 0. The Kier molecular flexibility index (Phi) is 2.33. The fourth-order valence-corrected chi connectivity index (χ4v) is 2.49. The highest BCUT2D eigenvalue weighted by Crippen LogP contribution is 2.73. The van der Waals surface area contributed by atoms with Crippen molar-refractivity contribution in [3.8, 4) is 24.3 Å². The molecule has 84 valence electrons. The highest BCUT2D eigenvalue weighted by Gasteiger charge is 2.81. The smallest absolute Gasteiger partial charge is 0.185 e. The van der Waals surface area contributed by atoms with Crippen molar-refractivity contribution in [2.75, 3.05) is 0 Å². The second-order valence-electron chi connectivity index (χ2n) is 4.41. The zero-order valence-electron chi connectivity index (χ0n) is 9.68. The summed E-state index contributed by atoms with van der Waals surface area (Å²) >= 11 is 0. The maximum atomic E-state index is 9.18. The maximum absolute atomic E-state index is 9.18. The van der Waals surface area contributed by atoms with E-state index in [9.17, 15) is 21.0 Å². The van der Waals surface area contributed by atoms with E-state index in [1.165, 1.54) is 0 Å². The van der Waals surface area contributed by atoms with Crippen LogP contribution in [0.25, 0.3) is 0 Å². The molecule has 1 aromatic rings. The Bertz CT molecular complexity index is 609. The Morgan fingerprint density at radius 2 is 1.44 bits per heavy atom. The topological polar surface area (TPSA) is 95.2 Å². The predicted molar refractivity (Wildman–Crippen MR) is 61.2 cm³/mol. The molecule has 0 spiro atoms. The average molecular weight is 232 g/mol. The maximum Gasteiger partial charge on any atom is 0.185 e.